The topological polar surface area (TPSA) is 44.4 Å². The van der Waals surface area contributed by atoms with E-state index in [4.69, 9.17) is 0 Å². The summed E-state index contributed by atoms with van der Waals surface area (Å²) in [4.78, 5) is 14.3. The highest BCUT2D eigenvalue weighted by atomic mass is 32.2. The number of alkyl halides is 1. The van der Waals surface area contributed by atoms with E-state index in [0.717, 1.165) is 31.5 Å². The highest BCUT2D eigenvalue weighted by Crippen LogP contribution is 2.28. The smallest absolute Gasteiger partial charge is 0.267 e. The number of nitrogens with one attached hydrogen (secondary N) is 2. The standard InChI is InChI=1S/C19H30F3N3OS/c1-5-9-19(22,6-2)18(26)24-27-14-12-15(20)17(16(21)13-14)23-10-7-8-11-25(3)4/h12-13,23H,5-11H2,1-4H3,(H,24,26). The lowest BCUT2D eigenvalue weighted by Gasteiger charge is -2.21. The van der Waals surface area contributed by atoms with Gasteiger partial charge in [0.05, 0.1) is 0 Å². The molecule has 0 aliphatic heterocycles. The number of hydrogen-bond acceptors (Lipinski definition) is 4. The zero-order valence-corrected chi connectivity index (χ0v) is 17.3. The van der Waals surface area contributed by atoms with E-state index in [9.17, 15) is 18.0 Å². The number of benzene rings is 1. The molecule has 0 aliphatic rings. The zero-order valence-electron chi connectivity index (χ0n) is 16.5. The van der Waals surface area contributed by atoms with Crippen LogP contribution >= 0.6 is 11.9 Å². The first kappa shape index (κ1) is 23.6. The lowest BCUT2D eigenvalue weighted by atomic mass is 9.97. The van der Waals surface area contributed by atoms with Gasteiger partial charge in [-0.2, -0.15) is 0 Å². The van der Waals surface area contributed by atoms with Crippen LogP contribution in [0, 0.1) is 11.6 Å². The Balaban J connectivity index is 2.63. The molecule has 0 aliphatic carbocycles. The lowest BCUT2D eigenvalue weighted by Crippen LogP contribution is -2.40. The molecule has 0 heterocycles. The highest BCUT2D eigenvalue weighted by molar-refractivity contribution is 7.98. The maximum absolute atomic E-state index is 14.5. The molecule has 0 saturated carbocycles. The molecule has 1 unspecified atom stereocenters. The van der Waals surface area contributed by atoms with E-state index in [0.29, 0.717) is 24.9 Å². The Kier molecular flexibility index (Phi) is 10.0. The van der Waals surface area contributed by atoms with Crippen LogP contribution in [0.25, 0.3) is 0 Å². The van der Waals surface area contributed by atoms with E-state index < -0.39 is 23.2 Å². The van der Waals surface area contributed by atoms with Crippen LogP contribution in [0.15, 0.2) is 17.0 Å². The molecule has 1 aromatic carbocycles. The predicted octanol–water partition coefficient (Wildman–Crippen LogP) is 4.76. The molecule has 0 fully saturated rings. The van der Waals surface area contributed by atoms with Crippen molar-refractivity contribution in [2.75, 3.05) is 32.5 Å². The summed E-state index contributed by atoms with van der Waals surface area (Å²) in [5, 5.41) is 2.77. The van der Waals surface area contributed by atoms with Crippen molar-refractivity contribution >= 4 is 23.5 Å². The third-order valence-electron chi connectivity index (χ3n) is 4.22. The monoisotopic (exact) mass is 405 g/mol. The van der Waals surface area contributed by atoms with Gasteiger partial charge in [-0.25, -0.2) is 13.2 Å². The summed E-state index contributed by atoms with van der Waals surface area (Å²) in [6.07, 6.45) is 2.39. The Hall–Kier alpha value is -1.41. The zero-order chi connectivity index (χ0) is 20.4. The van der Waals surface area contributed by atoms with Crippen molar-refractivity contribution in [1.82, 2.24) is 9.62 Å². The maximum atomic E-state index is 14.5. The van der Waals surface area contributed by atoms with E-state index in [1.807, 2.05) is 19.0 Å². The molecule has 2 N–H and O–H groups in total. The first-order valence-electron chi connectivity index (χ1n) is 9.27. The minimum Gasteiger partial charge on any atom is -0.380 e. The van der Waals surface area contributed by atoms with Gasteiger partial charge in [0, 0.05) is 11.4 Å². The second-order valence-corrected chi connectivity index (χ2v) is 7.68. The van der Waals surface area contributed by atoms with E-state index in [1.165, 1.54) is 0 Å². The van der Waals surface area contributed by atoms with E-state index >= 15 is 0 Å². The summed E-state index contributed by atoms with van der Waals surface area (Å²) < 4.78 is 45.2. The third-order valence-corrected chi connectivity index (χ3v) is 4.98. The first-order valence-corrected chi connectivity index (χ1v) is 10.1. The SMILES string of the molecule is CCCC(F)(CC)C(=O)NSc1cc(F)c(NCCCCN(C)C)c(F)c1. The van der Waals surface area contributed by atoms with Crippen molar-refractivity contribution in [2.45, 2.75) is 56.5 Å². The van der Waals surface area contributed by atoms with Gasteiger partial charge in [0.2, 0.25) is 0 Å². The Labute approximate surface area is 164 Å². The number of anilines is 1. The molecule has 0 radical (unpaired) electrons. The number of amides is 1. The van der Waals surface area contributed by atoms with Gasteiger partial charge < -0.3 is 10.2 Å². The number of halogens is 3. The third kappa shape index (κ3) is 7.62. The summed E-state index contributed by atoms with van der Waals surface area (Å²) in [7, 11) is 3.94. The van der Waals surface area contributed by atoms with E-state index in [-0.39, 0.29) is 23.4 Å². The molecule has 4 nitrogen and oxygen atoms in total. The minimum atomic E-state index is -1.97. The molecule has 0 spiro atoms. The Morgan fingerprint density at radius 2 is 1.81 bits per heavy atom. The van der Waals surface area contributed by atoms with Gasteiger partial charge in [-0.3, -0.25) is 9.52 Å². The molecule has 8 heteroatoms. The van der Waals surface area contributed by atoms with Crippen molar-refractivity contribution in [2.24, 2.45) is 0 Å². The van der Waals surface area contributed by atoms with Crippen LogP contribution in [-0.2, 0) is 4.79 Å². The Morgan fingerprint density at radius 3 is 2.33 bits per heavy atom. The second kappa shape index (κ2) is 11.4. The van der Waals surface area contributed by atoms with Crippen LogP contribution in [0.1, 0.15) is 46.0 Å². The van der Waals surface area contributed by atoms with E-state index in [1.54, 1.807) is 13.8 Å². The van der Waals surface area contributed by atoms with Crippen LogP contribution in [0.5, 0.6) is 0 Å². The number of nitrogens with zero attached hydrogens (tertiary/aromatic N) is 1. The van der Waals surface area contributed by atoms with Gasteiger partial charge in [0.15, 0.2) is 5.67 Å². The molecule has 1 rings (SSSR count). The summed E-state index contributed by atoms with van der Waals surface area (Å²) in [5.74, 6) is -2.26. The lowest BCUT2D eigenvalue weighted by molar-refractivity contribution is -0.131. The highest BCUT2D eigenvalue weighted by Gasteiger charge is 2.35. The van der Waals surface area contributed by atoms with Crippen LogP contribution in [0.2, 0.25) is 0 Å². The van der Waals surface area contributed by atoms with Crippen molar-refractivity contribution in [1.29, 1.82) is 0 Å². The summed E-state index contributed by atoms with van der Waals surface area (Å²) in [6, 6.07) is 2.25. The van der Waals surface area contributed by atoms with E-state index in [2.05, 4.69) is 10.0 Å². The van der Waals surface area contributed by atoms with Gasteiger partial charge in [-0.05, 0) is 70.4 Å². The van der Waals surface area contributed by atoms with Gasteiger partial charge in [0.25, 0.3) is 5.91 Å². The molecule has 0 aromatic heterocycles. The number of carbonyl (C=O) groups is 1. The largest absolute Gasteiger partial charge is 0.380 e. The summed E-state index contributed by atoms with van der Waals surface area (Å²) >= 11 is 0.716. The summed E-state index contributed by atoms with van der Waals surface area (Å²) in [5.41, 5.74) is -2.15. The first-order chi connectivity index (χ1) is 12.7. The van der Waals surface area contributed by atoms with Gasteiger partial charge >= 0.3 is 0 Å². The molecule has 1 amide bonds. The average Bonchev–Trinajstić information content (AvgIpc) is 2.61. The molecular weight excluding hydrogens is 375 g/mol. The average molecular weight is 406 g/mol. The molecule has 0 bridgehead atoms. The van der Waals surface area contributed by atoms with Crippen molar-refractivity contribution < 1.29 is 18.0 Å². The van der Waals surface area contributed by atoms with Crippen LogP contribution in [-0.4, -0.2) is 43.7 Å². The maximum Gasteiger partial charge on any atom is 0.267 e. The predicted molar refractivity (Wildman–Crippen MR) is 106 cm³/mol. The van der Waals surface area contributed by atoms with Crippen LogP contribution < -0.4 is 10.0 Å². The number of carbonyl (C=O) groups excluding carboxylic acids is 1. The fraction of sp³-hybridized carbons (Fsp3) is 0.632. The molecule has 1 aromatic rings. The van der Waals surface area contributed by atoms with Crippen molar-refractivity contribution in [3.05, 3.63) is 23.8 Å². The normalized spacial score (nSPS) is 13.5. The van der Waals surface area contributed by atoms with Gasteiger partial charge in [-0.15, -0.1) is 0 Å². The van der Waals surface area contributed by atoms with Gasteiger partial charge in [0.1, 0.15) is 17.3 Å². The summed E-state index contributed by atoms with van der Waals surface area (Å²) in [6.45, 7) is 4.76. The molecule has 0 saturated heterocycles. The van der Waals surface area contributed by atoms with Crippen molar-refractivity contribution in [3.63, 3.8) is 0 Å². The molecule has 27 heavy (non-hydrogen) atoms. The number of hydrogen-bond donors (Lipinski definition) is 2. The number of unbranched alkanes of at least 4 members (excludes halogenated alkanes) is 1. The molecule has 1 atom stereocenters. The minimum absolute atomic E-state index is 0.0482. The van der Waals surface area contributed by atoms with Crippen LogP contribution in [0.3, 0.4) is 0 Å². The van der Waals surface area contributed by atoms with Gasteiger partial charge in [-0.1, -0.05) is 20.3 Å². The Morgan fingerprint density at radius 1 is 1.19 bits per heavy atom. The van der Waals surface area contributed by atoms with Crippen molar-refractivity contribution in [3.8, 4) is 0 Å². The Bertz CT molecular complexity index is 593. The number of rotatable bonds is 12. The molecule has 154 valence electrons. The quantitative estimate of drug-likeness (QED) is 0.389. The second-order valence-electron chi connectivity index (χ2n) is 6.80. The molecular formula is C19H30F3N3OS. The fourth-order valence-corrected chi connectivity index (χ4v) is 3.31. The van der Waals surface area contributed by atoms with Crippen LogP contribution in [0.4, 0.5) is 18.9 Å². The fourth-order valence-electron chi connectivity index (χ4n) is 2.59.